The summed E-state index contributed by atoms with van der Waals surface area (Å²) in [4.78, 5) is 0. The van der Waals surface area contributed by atoms with Crippen LogP contribution in [0.15, 0.2) is 52.9 Å². The first-order valence-corrected chi connectivity index (χ1v) is 6.15. The summed E-state index contributed by atoms with van der Waals surface area (Å²) in [6.45, 7) is 0.290. The van der Waals surface area contributed by atoms with Gasteiger partial charge in [0.1, 0.15) is 29.5 Å². The van der Waals surface area contributed by atoms with Crippen molar-refractivity contribution in [3.05, 3.63) is 65.1 Å². The molecule has 0 aliphatic rings. The number of benzene rings is 2. The maximum absolute atomic E-state index is 12.7. The zero-order chi connectivity index (χ0) is 13.2. The lowest BCUT2D eigenvalue weighted by molar-refractivity contribution is 0.274. The quantitative estimate of drug-likeness (QED) is 0.685. The summed E-state index contributed by atoms with van der Waals surface area (Å²) in [6.07, 6.45) is 0. The van der Waals surface area contributed by atoms with Gasteiger partial charge in [0.2, 0.25) is 0 Å². The number of hydrogen-bond acceptors (Lipinski definition) is 2. The van der Waals surface area contributed by atoms with E-state index < -0.39 is 0 Å². The minimum Gasteiger partial charge on any atom is -0.486 e. The van der Waals surface area contributed by atoms with Gasteiger partial charge in [-0.2, -0.15) is 0 Å². The molecular formula is C15H10ClFO2. The van der Waals surface area contributed by atoms with E-state index in [1.165, 1.54) is 12.1 Å². The van der Waals surface area contributed by atoms with Gasteiger partial charge in [-0.3, -0.25) is 0 Å². The largest absolute Gasteiger partial charge is 0.486 e. The highest BCUT2D eigenvalue weighted by atomic mass is 35.5. The van der Waals surface area contributed by atoms with E-state index in [-0.39, 0.29) is 12.4 Å². The van der Waals surface area contributed by atoms with Gasteiger partial charge < -0.3 is 9.15 Å². The van der Waals surface area contributed by atoms with Crippen molar-refractivity contribution in [2.75, 3.05) is 0 Å². The molecule has 96 valence electrons. The van der Waals surface area contributed by atoms with Crippen molar-refractivity contribution in [3.63, 3.8) is 0 Å². The fourth-order valence-corrected chi connectivity index (χ4v) is 1.98. The second-order valence-corrected chi connectivity index (χ2v) is 4.57. The molecule has 0 spiro atoms. The van der Waals surface area contributed by atoms with Crippen LogP contribution in [0, 0.1) is 5.82 Å². The molecule has 19 heavy (non-hydrogen) atoms. The van der Waals surface area contributed by atoms with Gasteiger partial charge in [0.05, 0.1) is 0 Å². The standard InChI is InChI=1S/C15H10ClFO2/c16-11-2-1-10-7-14(19-15(10)8-11)9-18-13-5-3-12(17)4-6-13/h1-8H,9H2. The zero-order valence-electron chi connectivity index (χ0n) is 9.90. The van der Waals surface area contributed by atoms with E-state index in [0.717, 1.165) is 11.0 Å². The Morgan fingerprint density at radius 2 is 1.84 bits per heavy atom. The first-order valence-electron chi connectivity index (χ1n) is 5.77. The van der Waals surface area contributed by atoms with Gasteiger partial charge in [0, 0.05) is 16.5 Å². The van der Waals surface area contributed by atoms with Gasteiger partial charge in [0.25, 0.3) is 0 Å². The van der Waals surface area contributed by atoms with Crippen molar-refractivity contribution in [2.24, 2.45) is 0 Å². The van der Waals surface area contributed by atoms with Crippen LogP contribution in [0.2, 0.25) is 5.02 Å². The molecule has 0 saturated carbocycles. The van der Waals surface area contributed by atoms with Crippen LogP contribution in [-0.2, 0) is 6.61 Å². The minimum absolute atomic E-state index is 0.286. The number of rotatable bonds is 3. The smallest absolute Gasteiger partial charge is 0.146 e. The predicted octanol–water partition coefficient (Wildman–Crippen LogP) is 4.80. The lowest BCUT2D eigenvalue weighted by atomic mass is 10.2. The van der Waals surface area contributed by atoms with E-state index in [4.69, 9.17) is 20.8 Å². The highest BCUT2D eigenvalue weighted by Crippen LogP contribution is 2.24. The van der Waals surface area contributed by atoms with Crippen molar-refractivity contribution in [1.29, 1.82) is 0 Å². The zero-order valence-corrected chi connectivity index (χ0v) is 10.7. The molecule has 0 saturated heterocycles. The molecule has 0 atom stereocenters. The van der Waals surface area contributed by atoms with Gasteiger partial charge in [-0.1, -0.05) is 11.6 Å². The highest BCUT2D eigenvalue weighted by molar-refractivity contribution is 6.31. The van der Waals surface area contributed by atoms with Crippen LogP contribution in [0.25, 0.3) is 11.0 Å². The molecule has 0 aliphatic heterocycles. The Morgan fingerprint density at radius 1 is 1.05 bits per heavy atom. The monoisotopic (exact) mass is 276 g/mol. The maximum Gasteiger partial charge on any atom is 0.146 e. The fourth-order valence-electron chi connectivity index (χ4n) is 1.82. The van der Waals surface area contributed by atoms with Crippen LogP contribution in [-0.4, -0.2) is 0 Å². The van der Waals surface area contributed by atoms with Gasteiger partial charge in [-0.05, 0) is 42.5 Å². The summed E-state index contributed by atoms with van der Waals surface area (Å²) >= 11 is 5.89. The SMILES string of the molecule is Fc1ccc(OCc2cc3ccc(Cl)cc3o2)cc1. The number of ether oxygens (including phenoxy) is 1. The van der Waals surface area contributed by atoms with Gasteiger partial charge >= 0.3 is 0 Å². The first-order chi connectivity index (χ1) is 9.20. The van der Waals surface area contributed by atoms with Crippen molar-refractivity contribution in [2.45, 2.75) is 6.61 Å². The van der Waals surface area contributed by atoms with Crippen LogP contribution in [0.4, 0.5) is 4.39 Å². The minimum atomic E-state index is -0.286. The number of furan rings is 1. The fraction of sp³-hybridized carbons (Fsp3) is 0.0667. The molecular weight excluding hydrogens is 267 g/mol. The van der Waals surface area contributed by atoms with E-state index in [9.17, 15) is 4.39 Å². The van der Waals surface area contributed by atoms with Gasteiger partial charge in [-0.25, -0.2) is 4.39 Å². The number of hydrogen-bond donors (Lipinski definition) is 0. The lowest BCUT2D eigenvalue weighted by Gasteiger charge is -2.03. The number of fused-ring (bicyclic) bond motifs is 1. The van der Waals surface area contributed by atoms with E-state index in [1.54, 1.807) is 18.2 Å². The molecule has 3 aromatic rings. The van der Waals surface area contributed by atoms with Crippen molar-refractivity contribution >= 4 is 22.6 Å². The molecule has 0 fully saturated rings. The van der Waals surface area contributed by atoms with Crippen LogP contribution in [0.1, 0.15) is 5.76 Å². The topological polar surface area (TPSA) is 22.4 Å². The number of halogens is 2. The Balaban J connectivity index is 1.76. The summed E-state index contributed by atoms with van der Waals surface area (Å²) in [6, 6.07) is 13.2. The highest BCUT2D eigenvalue weighted by Gasteiger charge is 2.05. The molecule has 1 heterocycles. The second kappa shape index (κ2) is 4.94. The Hall–Kier alpha value is -2.00. The summed E-state index contributed by atoms with van der Waals surface area (Å²) in [5.41, 5.74) is 0.727. The average molecular weight is 277 g/mol. The summed E-state index contributed by atoms with van der Waals surface area (Å²) < 4.78 is 23.9. The molecule has 1 aromatic heterocycles. The van der Waals surface area contributed by atoms with Gasteiger partial charge in [-0.15, -0.1) is 0 Å². The molecule has 3 rings (SSSR count). The van der Waals surface area contributed by atoms with Crippen molar-refractivity contribution in [1.82, 2.24) is 0 Å². The third kappa shape index (κ3) is 2.71. The summed E-state index contributed by atoms with van der Waals surface area (Å²) in [7, 11) is 0. The Kier molecular flexibility index (Phi) is 3.13. The van der Waals surface area contributed by atoms with Crippen LogP contribution in [0.5, 0.6) is 5.75 Å². The molecule has 0 unspecified atom stereocenters. The molecule has 2 aromatic carbocycles. The van der Waals surface area contributed by atoms with E-state index >= 15 is 0 Å². The Morgan fingerprint density at radius 3 is 2.63 bits per heavy atom. The predicted molar refractivity (Wildman–Crippen MR) is 72.0 cm³/mol. The van der Waals surface area contributed by atoms with E-state index in [0.29, 0.717) is 16.5 Å². The van der Waals surface area contributed by atoms with Crippen LogP contribution in [0.3, 0.4) is 0 Å². The van der Waals surface area contributed by atoms with Gasteiger partial charge in [0.15, 0.2) is 0 Å². The first kappa shape index (κ1) is 12.1. The Labute approximate surface area is 114 Å². The van der Waals surface area contributed by atoms with E-state index in [2.05, 4.69) is 0 Å². The second-order valence-electron chi connectivity index (χ2n) is 4.14. The average Bonchev–Trinajstić information content (AvgIpc) is 2.80. The van der Waals surface area contributed by atoms with Crippen molar-refractivity contribution in [3.8, 4) is 5.75 Å². The third-order valence-corrected chi connectivity index (χ3v) is 2.96. The summed E-state index contributed by atoms with van der Waals surface area (Å²) in [5.74, 6) is 1.01. The molecule has 0 radical (unpaired) electrons. The molecule has 4 heteroatoms. The van der Waals surface area contributed by atoms with Crippen LogP contribution >= 0.6 is 11.6 Å². The summed E-state index contributed by atoms with van der Waals surface area (Å²) in [5, 5.41) is 1.61. The third-order valence-electron chi connectivity index (χ3n) is 2.73. The molecule has 0 amide bonds. The lowest BCUT2D eigenvalue weighted by Crippen LogP contribution is -1.93. The normalized spacial score (nSPS) is 10.8. The molecule has 0 N–H and O–H groups in total. The van der Waals surface area contributed by atoms with Crippen LogP contribution < -0.4 is 4.74 Å². The molecule has 0 bridgehead atoms. The maximum atomic E-state index is 12.7. The molecule has 2 nitrogen and oxygen atoms in total. The molecule has 0 aliphatic carbocycles. The van der Waals surface area contributed by atoms with Crippen molar-refractivity contribution < 1.29 is 13.5 Å². The van der Waals surface area contributed by atoms with E-state index in [1.807, 2.05) is 18.2 Å². The Bertz CT molecular complexity index is 704.